The lowest BCUT2D eigenvalue weighted by Gasteiger charge is -2.18. The van der Waals surface area contributed by atoms with E-state index in [1.54, 1.807) is 29.2 Å². The Bertz CT molecular complexity index is 1190. The molecule has 2 N–H and O–H groups in total. The normalized spacial score (nSPS) is 13.0. The smallest absolute Gasteiger partial charge is 0.406 e. The van der Waals surface area contributed by atoms with Gasteiger partial charge >= 0.3 is 6.36 Å². The number of alkyl halides is 3. The van der Waals surface area contributed by atoms with Gasteiger partial charge in [-0.05, 0) is 65.1 Å². The SMILES string of the molecule is NC(=O)c1cccc(-c2ccc3c(c2)CCN3C(=O)Cc2cccc(OC(F)(F)F)c2)c1. The molecule has 0 saturated heterocycles. The maximum absolute atomic E-state index is 12.9. The van der Waals surface area contributed by atoms with E-state index in [9.17, 15) is 22.8 Å². The summed E-state index contributed by atoms with van der Waals surface area (Å²) in [4.78, 5) is 25.9. The van der Waals surface area contributed by atoms with Gasteiger partial charge in [0.25, 0.3) is 0 Å². The van der Waals surface area contributed by atoms with Gasteiger partial charge in [-0.25, -0.2) is 0 Å². The summed E-state index contributed by atoms with van der Waals surface area (Å²) >= 11 is 0. The number of carbonyl (C=O) groups excluding carboxylic acids is 2. The van der Waals surface area contributed by atoms with Crippen LogP contribution in [-0.4, -0.2) is 24.7 Å². The Morgan fingerprint density at radius 2 is 1.72 bits per heavy atom. The van der Waals surface area contributed by atoms with Crippen molar-refractivity contribution in [3.8, 4) is 16.9 Å². The van der Waals surface area contributed by atoms with E-state index < -0.39 is 12.3 Å². The van der Waals surface area contributed by atoms with Gasteiger partial charge in [0, 0.05) is 17.8 Å². The van der Waals surface area contributed by atoms with E-state index in [-0.39, 0.29) is 18.1 Å². The predicted octanol–water partition coefficient (Wildman–Crippen LogP) is 4.48. The minimum Gasteiger partial charge on any atom is -0.406 e. The molecular weight excluding hydrogens is 421 g/mol. The van der Waals surface area contributed by atoms with Crippen LogP contribution in [0.25, 0.3) is 11.1 Å². The van der Waals surface area contributed by atoms with E-state index in [0.717, 1.165) is 22.4 Å². The first kappa shape index (κ1) is 21.4. The Morgan fingerprint density at radius 1 is 0.969 bits per heavy atom. The number of primary amides is 1. The molecule has 164 valence electrons. The molecule has 0 aliphatic carbocycles. The molecule has 0 atom stereocenters. The number of fused-ring (bicyclic) bond motifs is 1. The Morgan fingerprint density at radius 3 is 2.47 bits per heavy atom. The highest BCUT2D eigenvalue weighted by molar-refractivity contribution is 5.97. The molecular formula is C24H19F3N2O3. The summed E-state index contributed by atoms with van der Waals surface area (Å²) < 4.78 is 41.3. The average Bonchev–Trinajstić information content (AvgIpc) is 3.16. The summed E-state index contributed by atoms with van der Waals surface area (Å²) in [6, 6.07) is 18.1. The molecule has 1 aliphatic heterocycles. The second-order valence-electron chi connectivity index (χ2n) is 7.46. The van der Waals surface area contributed by atoms with Crippen LogP contribution in [0.3, 0.4) is 0 Å². The molecule has 0 spiro atoms. The summed E-state index contributed by atoms with van der Waals surface area (Å²) in [5.74, 6) is -1.07. The Hall–Kier alpha value is -3.81. The van der Waals surface area contributed by atoms with Gasteiger partial charge in [-0.2, -0.15) is 0 Å². The number of hydrogen-bond acceptors (Lipinski definition) is 3. The van der Waals surface area contributed by atoms with Crippen molar-refractivity contribution in [2.24, 2.45) is 5.73 Å². The van der Waals surface area contributed by atoms with E-state index >= 15 is 0 Å². The zero-order valence-corrected chi connectivity index (χ0v) is 16.9. The summed E-state index contributed by atoms with van der Waals surface area (Å²) in [5, 5.41) is 0. The van der Waals surface area contributed by atoms with Crippen LogP contribution >= 0.6 is 0 Å². The number of halogens is 3. The van der Waals surface area contributed by atoms with E-state index in [2.05, 4.69) is 4.74 Å². The van der Waals surface area contributed by atoms with Crippen LogP contribution in [0.15, 0.2) is 66.7 Å². The highest BCUT2D eigenvalue weighted by Gasteiger charge is 2.31. The molecule has 0 aromatic heterocycles. The number of ether oxygens (including phenoxy) is 1. The lowest BCUT2D eigenvalue weighted by molar-refractivity contribution is -0.274. The van der Waals surface area contributed by atoms with E-state index in [1.807, 2.05) is 24.3 Å². The fourth-order valence-corrected chi connectivity index (χ4v) is 3.82. The number of nitrogens with zero attached hydrogens (tertiary/aromatic N) is 1. The van der Waals surface area contributed by atoms with Crippen molar-refractivity contribution in [1.29, 1.82) is 0 Å². The molecule has 8 heteroatoms. The minimum absolute atomic E-state index is 0.0447. The van der Waals surface area contributed by atoms with Gasteiger partial charge in [-0.15, -0.1) is 13.2 Å². The van der Waals surface area contributed by atoms with Crippen molar-refractivity contribution in [3.63, 3.8) is 0 Å². The second kappa shape index (κ2) is 8.37. The molecule has 4 rings (SSSR count). The largest absolute Gasteiger partial charge is 0.573 e. The van der Waals surface area contributed by atoms with Gasteiger partial charge < -0.3 is 15.4 Å². The topological polar surface area (TPSA) is 72.6 Å². The van der Waals surface area contributed by atoms with E-state index in [1.165, 1.54) is 18.2 Å². The van der Waals surface area contributed by atoms with Crippen molar-refractivity contribution in [1.82, 2.24) is 0 Å². The number of nitrogens with two attached hydrogens (primary N) is 1. The molecule has 3 aromatic carbocycles. The third kappa shape index (κ3) is 4.74. The van der Waals surface area contributed by atoms with E-state index in [0.29, 0.717) is 24.1 Å². The third-order valence-electron chi connectivity index (χ3n) is 5.24. The average molecular weight is 440 g/mol. The van der Waals surface area contributed by atoms with Gasteiger partial charge in [0.05, 0.1) is 6.42 Å². The Labute approximate surface area is 182 Å². The van der Waals surface area contributed by atoms with Crippen LogP contribution in [0.1, 0.15) is 21.5 Å². The summed E-state index contributed by atoms with van der Waals surface area (Å²) in [6.45, 7) is 0.484. The zero-order chi connectivity index (χ0) is 22.9. The number of anilines is 1. The molecule has 0 bridgehead atoms. The van der Waals surface area contributed by atoms with Crippen molar-refractivity contribution < 1.29 is 27.5 Å². The van der Waals surface area contributed by atoms with Gasteiger partial charge in [-0.3, -0.25) is 9.59 Å². The molecule has 32 heavy (non-hydrogen) atoms. The van der Waals surface area contributed by atoms with E-state index in [4.69, 9.17) is 5.73 Å². The highest BCUT2D eigenvalue weighted by Crippen LogP contribution is 2.33. The first-order valence-corrected chi connectivity index (χ1v) is 9.88. The molecule has 0 fully saturated rings. The van der Waals surface area contributed by atoms with Crippen LogP contribution < -0.4 is 15.4 Å². The summed E-state index contributed by atoms with van der Waals surface area (Å²) in [5.41, 5.74) is 9.70. The van der Waals surface area contributed by atoms with Gasteiger partial charge in [-0.1, -0.05) is 30.3 Å². The predicted molar refractivity (Wildman–Crippen MR) is 113 cm³/mol. The lowest BCUT2D eigenvalue weighted by Crippen LogP contribution is -2.30. The third-order valence-corrected chi connectivity index (χ3v) is 5.24. The van der Waals surface area contributed by atoms with Crippen LogP contribution in [0.2, 0.25) is 0 Å². The fourth-order valence-electron chi connectivity index (χ4n) is 3.82. The molecule has 0 saturated carbocycles. The van der Waals surface area contributed by atoms with Crippen LogP contribution in [-0.2, 0) is 17.6 Å². The molecule has 0 radical (unpaired) electrons. The number of carbonyl (C=O) groups is 2. The lowest BCUT2D eigenvalue weighted by atomic mass is 10.00. The molecule has 5 nitrogen and oxygen atoms in total. The molecule has 3 aromatic rings. The Kier molecular flexibility index (Phi) is 5.61. The molecule has 1 heterocycles. The van der Waals surface area contributed by atoms with Gasteiger partial charge in [0.2, 0.25) is 11.8 Å². The van der Waals surface area contributed by atoms with Crippen LogP contribution in [0, 0.1) is 0 Å². The molecule has 2 amide bonds. The highest BCUT2D eigenvalue weighted by atomic mass is 19.4. The standard InChI is InChI=1S/C24H19F3N2O3/c25-24(26,27)32-20-6-1-3-15(11-20)12-22(30)29-10-9-18-13-17(7-8-21(18)29)16-4-2-5-19(14-16)23(28)31/h1-8,11,13-14H,9-10,12H2,(H2,28,31). The molecule has 0 unspecified atom stereocenters. The number of hydrogen-bond donors (Lipinski definition) is 1. The Balaban J connectivity index is 1.51. The minimum atomic E-state index is -4.79. The quantitative estimate of drug-likeness (QED) is 0.636. The number of amides is 2. The number of benzene rings is 3. The summed E-state index contributed by atoms with van der Waals surface area (Å²) in [7, 11) is 0. The fraction of sp³-hybridized carbons (Fsp3) is 0.167. The monoisotopic (exact) mass is 440 g/mol. The van der Waals surface area contributed by atoms with Crippen molar-refractivity contribution in [2.75, 3.05) is 11.4 Å². The van der Waals surface area contributed by atoms with Gasteiger partial charge in [0.1, 0.15) is 5.75 Å². The second-order valence-corrected chi connectivity index (χ2v) is 7.46. The van der Waals surface area contributed by atoms with Crippen LogP contribution in [0.4, 0.5) is 18.9 Å². The first-order valence-electron chi connectivity index (χ1n) is 9.88. The maximum Gasteiger partial charge on any atom is 0.573 e. The van der Waals surface area contributed by atoms with Crippen molar-refractivity contribution in [3.05, 3.63) is 83.4 Å². The maximum atomic E-state index is 12.9. The van der Waals surface area contributed by atoms with Crippen molar-refractivity contribution in [2.45, 2.75) is 19.2 Å². The van der Waals surface area contributed by atoms with Crippen LogP contribution in [0.5, 0.6) is 5.75 Å². The molecule has 1 aliphatic rings. The number of rotatable bonds is 5. The first-order chi connectivity index (χ1) is 15.2. The zero-order valence-electron chi connectivity index (χ0n) is 16.9. The van der Waals surface area contributed by atoms with Gasteiger partial charge in [0.15, 0.2) is 0 Å². The van der Waals surface area contributed by atoms with Crippen molar-refractivity contribution >= 4 is 17.5 Å². The summed E-state index contributed by atoms with van der Waals surface area (Å²) in [6.07, 6.45) is -4.18.